The highest BCUT2D eigenvalue weighted by atomic mass is 16.2. The zero-order valence-corrected chi connectivity index (χ0v) is 12.5. The standard InChI is InChI=1S/C17H19N3O/c1-12-8-10-13(11-9-12)17(2)18-15-7-5-4-6-14(15)16(21)20(3)19-17/h4-11,18-19H,1-3H3. The van der Waals surface area contributed by atoms with Crippen molar-refractivity contribution < 1.29 is 4.79 Å². The van der Waals surface area contributed by atoms with Gasteiger partial charge in [-0.05, 0) is 31.5 Å². The van der Waals surface area contributed by atoms with Crippen LogP contribution in [0.25, 0.3) is 0 Å². The van der Waals surface area contributed by atoms with E-state index in [9.17, 15) is 4.79 Å². The summed E-state index contributed by atoms with van der Waals surface area (Å²) in [4.78, 5) is 12.4. The van der Waals surface area contributed by atoms with Gasteiger partial charge in [-0.15, -0.1) is 0 Å². The average Bonchev–Trinajstić information content (AvgIpc) is 2.56. The molecule has 4 heteroatoms. The maximum Gasteiger partial charge on any atom is 0.269 e. The van der Waals surface area contributed by atoms with Gasteiger partial charge in [0.1, 0.15) is 5.66 Å². The van der Waals surface area contributed by atoms with Gasteiger partial charge in [-0.3, -0.25) is 9.80 Å². The topological polar surface area (TPSA) is 44.4 Å². The molecule has 0 spiro atoms. The molecule has 0 aliphatic carbocycles. The normalized spacial score (nSPS) is 21.5. The van der Waals surface area contributed by atoms with Crippen LogP contribution in [0.2, 0.25) is 0 Å². The van der Waals surface area contributed by atoms with Gasteiger partial charge in [0.15, 0.2) is 0 Å². The summed E-state index contributed by atoms with van der Waals surface area (Å²) in [5.74, 6) is -0.0473. The minimum atomic E-state index is -0.551. The van der Waals surface area contributed by atoms with Crippen molar-refractivity contribution in [2.24, 2.45) is 0 Å². The van der Waals surface area contributed by atoms with E-state index in [4.69, 9.17) is 0 Å². The largest absolute Gasteiger partial charge is 0.362 e. The van der Waals surface area contributed by atoms with E-state index in [1.165, 1.54) is 5.56 Å². The van der Waals surface area contributed by atoms with E-state index in [1.807, 2.05) is 31.2 Å². The number of amides is 1. The third-order valence-electron chi connectivity index (χ3n) is 3.87. The predicted octanol–water partition coefficient (Wildman–Crippen LogP) is 2.87. The maximum atomic E-state index is 12.4. The summed E-state index contributed by atoms with van der Waals surface area (Å²) in [5.41, 5.74) is 6.50. The quantitative estimate of drug-likeness (QED) is 0.845. The lowest BCUT2D eigenvalue weighted by atomic mass is 10.00. The number of carbonyl (C=O) groups is 1. The van der Waals surface area contributed by atoms with Crippen LogP contribution in [0, 0.1) is 6.92 Å². The molecule has 21 heavy (non-hydrogen) atoms. The number of aryl methyl sites for hydroxylation is 1. The number of fused-ring (bicyclic) bond motifs is 1. The molecule has 0 bridgehead atoms. The fourth-order valence-corrected chi connectivity index (χ4v) is 2.67. The number of benzene rings is 2. The SMILES string of the molecule is Cc1ccc(C2(C)Nc3ccccc3C(=O)N(C)N2)cc1. The lowest BCUT2D eigenvalue weighted by Gasteiger charge is -2.34. The molecule has 0 saturated heterocycles. The molecule has 0 fully saturated rings. The molecule has 4 nitrogen and oxygen atoms in total. The Balaban J connectivity index is 2.08. The van der Waals surface area contributed by atoms with Crippen LogP contribution in [0.5, 0.6) is 0 Å². The lowest BCUT2D eigenvalue weighted by Crippen LogP contribution is -2.53. The van der Waals surface area contributed by atoms with Gasteiger partial charge in [0, 0.05) is 12.7 Å². The zero-order valence-electron chi connectivity index (χ0n) is 12.5. The number of hydrogen-bond acceptors (Lipinski definition) is 3. The number of para-hydroxylation sites is 1. The van der Waals surface area contributed by atoms with Gasteiger partial charge in [-0.1, -0.05) is 42.0 Å². The molecule has 0 radical (unpaired) electrons. The first kappa shape index (κ1) is 13.6. The van der Waals surface area contributed by atoms with Crippen molar-refractivity contribution in [3.63, 3.8) is 0 Å². The van der Waals surface area contributed by atoms with Crippen LogP contribution in [-0.4, -0.2) is 18.0 Å². The second-order valence-electron chi connectivity index (χ2n) is 5.64. The molecule has 2 aromatic carbocycles. The lowest BCUT2D eigenvalue weighted by molar-refractivity contribution is 0.0649. The van der Waals surface area contributed by atoms with Crippen LogP contribution in [0.4, 0.5) is 5.69 Å². The van der Waals surface area contributed by atoms with Gasteiger partial charge in [-0.25, -0.2) is 5.43 Å². The molecule has 2 N–H and O–H groups in total. The fraction of sp³-hybridized carbons (Fsp3) is 0.235. The number of carbonyl (C=O) groups excluding carboxylic acids is 1. The third kappa shape index (κ3) is 2.38. The van der Waals surface area contributed by atoms with Crippen LogP contribution in [0.3, 0.4) is 0 Å². The van der Waals surface area contributed by atoms with Crippen LogP contribution in [-0.2, 0) is 5.66 Å². The van der Waals surface area contributed by atoms with Gasteiger partial charge in [0.05, 0.1) is 5.56 Å². The highest BCUT2D eigenvalue weighted by molar-refractivity contribution is 6.00. The number of rotatable bonds is 1. The van der Waals surface area contributed by atoms with Gasteiger partial charge >= 0.3 is 0 Å². The first-order valence-electron chi connectivity index (χ1n) is 7.00. The van der Waals surface area contributed by atoms with Crippen molar-refractivity contribution in [3.05, 3.63) is 65.2 Å². The van der Waals surface area contributed by atoms with Crippen LogP contribution >= 0.6 is 0 Å². The first-order chi connectivity index (χ1) is 9.99. The van der Waals surface area contributed by atoms with E-state index in [2.05, 4.69) is 41.9 Å². The van der Waals surface area contributed by atoms with Crippen molar-refractivity contribution in [2.75, 3.05) is 12.4 Å². The van der Waals surface area contributed by atoms with Gasteiger partial charge < -0.3 is 5.32 Å². The molecule has 3 rings (SSSR count). The van der Waals surface area contributed by atoms with Gasteiger partial charge in [-0.2, -0.15) is 0 Å². The Morgan fingerprint density at radius 2 is 1.71 bits per heavy atom. The van der Waals surface area contributed by atoms with E-state index < -0.39 is 5.66 Å². The summed E-state index contributed by atoms with van der Waals surface area (Å²) in [7, 11) is 1.75. The molecule has 0 saturated carbocycles. The summed E-state index contributed by atoms with van der Waals surface area (Å²) in [6.07, 6.45) is 0. The average molecular weight is 281 g/mol. The number of hydrazine groups is 1. The van der Waals surface area contributed by atoms with E-state index in [0.717, 1.165) is 11.3 Å². The predicted molar refractivity (Wildman–Crippen MR) is 83.8 cm³/mol. The summed E-state index contributed by atoms with van der Waals surface area (Å²) >= 11 is 0. The highest BCUT2D eigenvalue weighted by Gasteiger charge is 2.34. The summed E-state index contributed by atoms with van der Waals surface area (Å²) in [6.45, 7) is 4.09. The van der Waals surface area contributed by atoms with Crippen molar-refractivity contribution in [3.8, 4) is 0 Å². The van der Waals surface area contributed by atoms with E-state index in [1.54, 1.807) is 12.1 Å². The van der Waals surface area contributed by atoms with E-state index in [-0.39, 0.29) is 5.91 Å². The van der Waals surface area contributed by atoms with Gasteiger partial charge in [0.2, 0.25) is 0 Å². The molecule has 108 valence electrons. The summed E-state index contributed by atoms with van der Waals surface area (Å²) in [6, 6.07) is 15.9. The minimum Gasteiger partial charge on any atom is -0.362 e. The Kier molecular flexibility index (Phi) is 3.18. The molecule has 1 unspecified atom stereocenters. The Labute approximate surface area is 124 Å². The summed E-state index contributed by atoms with van der Waals surface area (Å²) in [5, 5.41) is 5.00. The molecule has 1 atom stereocenters. The van der Waals surface area contributed by atoms with Crippen molar-refractivity contribution in [1.82, 2.24) is 10.4 Å². The Bertz CT molecular complexity index is 681. The fourth-order valence-electron chi connectivity index (χ4n) is 2.67. The summed E-state index contributed by atoms with van der Waals surface area (Å²) < 4.78 is 0. The van der Waals surface area contributed by atoms with Crippen LogP contribution in [0.15, 0.2) is 48.5 Å². The molecular formula is C17H19N3O. The highest BCUT2D eigenvalue weighted by Crippen LogP contribution is 2.29. The molecule has 1 amide bonds. The van der Waals surface area contributed by atoms with Crippen LogP contribution < -0.4 is 10.7 Å². The molecule has 2 aromatic rings. The van der Waals surface area contributed by atoms with E-state index in [0.29, 0.717) is 5.56 Å². The zero-order chi connectivity index (χ0) is 15.0. The molecule has 1 aliphatic heterocycles. The van der Waals surface area contributed by atoms with Crippen molar-refractivity contribution in [2.45, 2.75) is 19.5 Å². The number of nitrogens with zero attached hydrogens (tertiary/aromatic N) is 1. The number of nitrogens with one attached hydrogen (secondary N) is 2. The van der Waals surface area contributed by atoms with E-state index >= 15 is 0 Å². The maximum absolute atomic E-state index is 12.4. The molecule has 0 aromatic heterocycles. The molecular weight excluding hydrogens is 262 g/mol. The molecule has 1 aliphatic rings. The first-order valence-corrected chi connectivity index (χ1v) is 7.00. The monoisotopic (exact) mass is 281 g/mol. The van der Waals surface area contributed by atoms with Crippen LogP contribution in [0.1, 0.15) is 28.4 Å². The minimum absolute atomic E-state index is 0.0473. The third-order valence-corrected chi connectivity index (χ3v) is 3.87. The van der Waals surface area contributed by atoms with Crippen molar-refractivity contribution >= 4 is 11.6 Å². The number of hydrogen-bond donors (Lipinski definition) is 2. The number of anilines is 1. The Morgan fingerprint density at radius 1 is 1.05 bits per heavy atom. The second-order valence-corrected chi connectivity index (χ2v) is 5.64. The Hall–Kier alpha value is -2.33. The molecule has 1 heterocycles. The second kappa shape index (κ2) is 4.90. The van der Waals surface area contributed by atoms with Crippen molar-refractivity contribution in [1.29, 1.82) is 0 Å². The Morgan fingerprint density at radius 3 is 2.43 bits per heavy atom. The smallest absolute Gasteiger partial charge is 0.269 e. The van der Waals surface area contributed by atoms with Gasteiger partial charge in [0.25, 0.3) is 5.91 Å².